The van der Waals surface area contributed by atoms with Gasteiger partial charge in [0.1, 0.15) is 12.5 Å². The Morgan fingerprint density at radius 1 is 1.46 bits per heavy atom. The SMILES string of the molecule is CC1(c2csc(CO)c2)OC=CO1. The van der Waals surface area contributed by atoms with Gasteiger partial charge in [0.15, 0.2) is 0 Å². The van der Waals surface area contributed by atoms with Crippen LogP contribution in [0.4, 0.5) is 0 Å². The average Bonchev–Trinajstić information content (AvgIpc) is 2.72. The van der Waals surface area contributed by atoms with E-state index >= 15 is 0 Å². The van der Waals surface area contributed by atoms with Crippen molar-refractivity contribution in [1.82, 2.24) is 0 Å². The summed E-state index contributed by atoms with van der Waals surface area (Å²) in [6.45, 7) is 1.91. The van der Waals surface area contributed by atoms with Gasteiger partial charge in [-0.15, -0.1) is 11.3 Å². The van der Waals surface area contributed by atoms with E-state index in [4.69, 9.17) is 14.6 Å². The molecule has 2 heterocycles. The second-order valence-corrected chi connectivity index (χ2v) is 3.91. The van der Waals surface area contributed by atoms with Crippen molar-refractivity contribution in [2.24, 2.45) is 0 Å². The van der Waals surface area contributed by atoms with E-state index < -0.39 is 5.79 Å². The molecule has 70 valence electrons. The van der Waals surface area contributed by atoms with Crippen molar-refractivity contribution in [3.63, 3.8) is 0 Å². The Balaban J connectivity index is 2.24. The van der Waals surface area contributed by atoms with Crippen LogP contribution >= 0.6 is 11.3 Å². The predicted molar refractivity (Wildman–Crippen MR) is 48.9 cm³/mol. The Morgan fingerprint density at radius 3 is 2.69 bits per heavy atom. The quantitative estimate of drug-likeness (QED) is 0.789. The fourth-order valence-electron chi connectivity index (χ4n) is 1.18. The first-order valence-electron chi connectivity index (χ1n) is 3.94. The van der Waals surface area contributed by atoms with Crippen LogP contribution in [0.2, 0.25) is 0 Å². The molecule has 0 spiro atoms. The van der Waals surface area contributed by atoms with Crippen LogP contribution in [-0.2, 0) is 21.9 Å². The molecule has 0 amide bonds. The van der Waals surface area contributed by atoms with Crippen LogP contribution in [0, 0.1) is 0 Å². The van der Waals surface area contributed by atoms with E-state index in [2.05, 4.69) is 0 Å². The third-order valence-corrected chi connectivity index (χ3v) is 2.90. The highest BCUT2D eigenvalue weighted by Gasteiger charge is 2.32. The zero-order chi connectivity index (χ0) is 9.31. The number of aliphatic hydroxyl groups excluding tert-OH is 1. The van der Waals surface area contributed by atoms with Crippen LogP contribution in [0.15, 0.2) is 24.0 Å². The largest absolute Gasteiger partial charge is 0.453 e. The zero-order valence-corrected chi connectivity index (χ0v) is 8.00. The predicted octanol–water partition coefficient (Wildman–Crippen LogP) is 1.93. The molecule has 1 aromatic heterocycles. The second-order valence-electron chi connectivity index (χ2n) is 2.91. The van der Waals surface area contributed by atoms with Gasteiger partial charge in [-0.1, -0.05) is 0 Å². The number of aliphatic hydroxyl groups is 1. The molecule has 13 heavy (non-hydrogen) atoms. The van der Waals surface area contributed by atoms with Gasteiger partial charge < -0.3 is 14.6 Å². The second kappa shape index (κ2) is 3.05. The van der Waals surface area contributed by atoms with E-state index in [-0.39, 0.29) is 6.61 Å². The van der Waals surface area contributed by atoms with E-state index in [1.165, 1.54) is 23.9 Å². The zero-order valence-electron chi connectivity index (χ0n) is 7.19. The molecule has 4 heteroatoms. The van der Waals surface area contributed by atoms with Gasteiger partial charge in [-0.25, -0.2) is 0 Å². The topological polar surface area (TPSA) is 38.7 Å². The smallest absolute Gasteiger partial charge is 0.274 e. The molecule has 0 saturated carbocycles. The number of thiophene rings is 1. The van der Waals surface area contributed by atoms with Crippen LogP contribution in [-0.4, -0.2) is 5.11 Å². The fraction of sp³-hybridized carbons (Fsp3) is 0.333. The molecule has 1 aromatic rings. The molecule has 1 aliphatic rings. The molecule has 3 nitrogen and oxygen atoms in total. The lowest BCUT2D eigenvalue weighted by molar-refractivity contribution is -0.132. The normalized spacial score (nSPS) is 18.3. The summed E-state index contributed by atoms with van der Waals surface area (Å²) in [6.07, 6.45) is 3.05. The molecule has 0 aliphatic carbocycles. The third kappa shape index (κ3) is 1.43. The van der Waals surface area contributed by atoms with Gasteiger partial charge in [-0.3, -0.25) is 0 Å². The summed E-state index contributed by atoms with van der Waals surface area (Å²) in [4.78, 5) is 0.912. The lowest BCUT2D eigenvalue weighted by Crippen LogP contribution is -2.21. The van der Waals surface area contributed by atoms with Crippen molar-refractivity contribution in [3.8, 4) is 0 Å². The van der Waals surface area contributed by atoms with Crippen molar-refractivity contribution in [3.05, 3.63) is 34.4 Å². The number of rotatable bonds is 2. The summed E-state index contributed by atoms with van der Waals surface area (Å²) in [7, 11) is 0. The van der Waals surface area contributed by atoms with Crippen molar-refractivity contribution < 1.29 is 14.6 Å². The minimum Gasteiger partial charge on any atom is -0.453 e. The van der Waals surface area contributed by atoms with Crippen molar-refractivity contribution in [2.75, 3.05) is 0 Å². The highest BCUT2D eigenvalue weighted by Crippen LogP contribution is 2.34. The molecule has 1 N–H and O–H groups in total. The van der Waals surface area contributed by atoms with E-state index in [0.29, 0.717) is 0 Å². The summed E-state index contributed by atoms with van der Waals surface area (Å²) in [5, 5.41) is 10.8. The van der Waals surface area contributed by atoms with Gasteiger partial charge in [-0.05, 0) is 6.07 Å². The van der Waals surface area contributed by atoms with Gasteiger partial charge in [-0.2, -0.15) is 0 Å². The van der Waals surface area contributed by atoms with Crippen LogP contribution in [0.3, 0.4) is 0 Å². The van der Waals surface area contributed by atoms with E-state index in [9.17, 15) is 0 Å². The first-order valence-corrected chi connectivity index (χ1v) is 4.82. The van der Waals surface area contributed by atoms with Gasteiger partial charge in [0.05, 0.1) is 6.61 Å². The van der Waals surface area contributed by atoms with Crippen molar-refractivity contribution in [2.45, 2.75) is 19.3 Å². The highest BCUT2D eigenvalue weighted by atomic mass is 32.1. The third-order valence-electron chi connectivity index (χ3n) is 1.98. The Bertz CT molecular complexity index is 321. The van der Waals surface area contributed by atoms with Gasteiger partial charge in [0, 0.05) is 22.7 Å². The van der Waals surface area contributed by atoms with Gasteiger partial charge in [0.2, 0.25) is 0 Å². The average molecular weight is 198 g/mol. The standard InChI is InChI=1S/C9H10O3S/c1-9(11-2-3-12-9)7-4-8(5-10)13-6-7/h2-4,6,10H,5H2,1H3. The van der Waals surface area contributed by atoms with Gasteiger partial charge >= 0.3 is 0 Å². The Hall–Kier alpha value is -1.00. The molecule has 0 bridgehead atoms. The summed E-state index contributed by atoms with van der Waals surface area (Å²) in [5.74, 6) is -0.704. The summed E-state index contributed by atoms with van der Waals surface area (Å²) in [5.41, 5.74) is 0.937. The maximum absolute atomic E-state index is 8.89. The maximum atomic E-state index is 8.89. The van der Waals surface area contributed by atoms with Crippen LogP contribution in [0.5, 0.6) is 0 Å². The Kier molecular flexibility index (Phi) is 2.01. The van der Waals surface area contributed by atoms with Crippen LogP contribution in [0.1, 0.15) is 17.4 Å². The van der Waals surface area contributed by atoms with E-state index in [0.717, 1.165) is 10.4 Å². The minimum atomic E-state index is -0.704. The first kappa shape index (κ1) is 8.59. The fourth-order valence-corrected chi connectivity index (χ4v) is 2.01. The molecular weight excluding hydrogens is 188 g/mol. The lowest BCUT2D eigenvalue weighted by Gasteiger charge is -2.21. The molecule has 0 aromatic carbocycles. The number of hydrogen-bond donors (Lipinski definition) is 1. The van der Waals surface area contributed by atoms with E-state index in [1.54, 1.807) is 0 Å². The molecule has 2 rings (SSSR count). The highest BCUT2D eigenvalue weighted by molar-refractivity contribution is 7.10. The Morgan fingerprint density at radius 2 is 2.15 bits per heavy atom. The molecular formula is C9H10O3S. The molecule has 0 atom stereocenters. The molecule has 0 unspecified atom stereocenters. The van der Waals surface area contributed by atoms with Crippen molar-refractivity contribution in [1.29, 1.82) is 0 Å². The maximum Gasteiger partial charge on any atom is 0.274 e. The van der Waals surface area contributed by atoms with Crippen molar-refractivity contribution >= 4 is 11.3 Å². The molecule has 0 radical (unpaired) electrons. The molecule has 0 saturated heterocycles. The van der Waals surface area contributed by atoms with E-state index in [1.807, 2.05) is 18.4 Å². The summed E-state index contributed by atoms with van der Waals surface area (Å²) >= 11 is 1.50. The molecule has 1 aliphatic heterocycles. The lowest BCUT2D eigenvalue weighted by atomic mass is 10.1. The number of ether oxygens (including phenoxy) is 2. The first-order chi connectivity index (χ1) is 6.24. The van der Waals surface area contributed by atoms with Crippen LogP contribution < -0.4 is 0 Å². The van der Waals surface area contributed by atoms with Gasteiger partial charge in [0.25, 0.3) is 5.79 Å². The van der Waals surface area contributed by atoms with Crippen LogP contribution in [0.25, 0.3) is 0 Å². The minimum absolute atomic E-state index is 0.0637. The molecule has 0 fully saturated rings. The summed E-state index contributed by atoms with van der Waals surface area (Å²) in [6, 6.07) is 1.89. The summed E-state index contributed by atoms with van der Waals surface area (Å²) < 4.78 is 10.6. The number of hydrogen-bond acceptors (Lipinski definition) is 4. The monoisotopic (exact) mass is 198 g/mol. The Labute approximate surface area is 80.2 Å².